The van der Waals surface area contributed by atoms with Gasteiger partial charge in [0.05, 0.1) is 22.6 Å². The topological polar surface area (TPSA) is 135 Å². The van der Waals surface area contributed by atoms with Gasteiger partial charge in [0, 0.05) is 34.6 Å². The number of carboxylic acids is 1. The first kappa shape index (κ1) is 29.0. The molecule has 212 valence electrons. The highest BCUT2D eigenvalue weighted by Gasteiger charge is 2.27. The van der Waals surface area contributed by atoms with E-state index in [1.807, 2.05) is 12.1 Å². The minimum Gasteiger partial charge on any atom is -0.593 e. The lowest BCUT2D eigenvalue weighted by Gasteiger charge is -2.18. The zero-order valence-corrected chi connectivity index (χ0v) is 24.0. The Hall–Kier alpha value is -3.49. The van der Waals surface area contributed by atoms with Crippen LogP contribution in [-0.2, 0) is 17.8 Å². The summed E-state index contributed by atoms with van der Waals surface area (Å²) in [4.78, 5) is 16.1. The molecule has 3 aromatic rings. The van der Waals surface area contributed by atoms with E-state index in [-0.39, 0.29) is 22.9 Å². The molecule has 5 N–H and O–H groups in total. The van der Waals surface area contributed by atoms with Gasteiger partial charge in [0.25, 0.3) is 0 Å². The maximum absolute atomic E-state index is 14.8. The van der Waals surface area contributed by atoms with Crippen molar-refractivity contribution >= 4 is 39.5 Å². The van der Waals surface area contributed by atoms with Crippen molar-refractivity contribution in [2.45, 2.75) is 56.3 Å². The van der Waals surface area contributed by atoms with Gasteiger partial charge in [0.2, 0.25) is 0 Å². The van der Waals surface area contributed by atoms with Crippen LogP contribution in [0.4, 0.5) is 9.52 Å². The quantitative estimate of drug-likeness (QED) is 0.125. The largest absolute Gasteiger partial charge is 0.593 e. The zero-order valence-electron chi connectivity index (χ0n) is 22.4. The number of rotatable bonds is 10. The molecule has 2 saturated carbocycles. The molecule has 0 amide bonds. The average molecular weight is 591 g/mol. The van der Waals surface area contributed by atoms with Crippen molar-refractivity contribution in [3.05, 3.63) is 87.3 Å². The lowest BCUT2D eigenvalue weighted by atomic mass is 9.92. The van der Waals surface area contributed by atoms with Gasteiger partial charge < -0.3 is 15.0 Å². The average Bonchev–Trinajstić information content (AvgIpc) is 3.40. The van der Waals surface area contributed by atoms with Crippen LogP contribution in [0.1, 0.15) is 72.1 Å². The first-order valence-corrected chi connectivity index (χ1v) is 15.7. The van der Waals surface area contributed by atoms with Gasteiger partial charge in [-0.05, 0) is 73.9 Å². The molecule has 0 saturated heterocycles. The normalized spacial score (nSPS) is 16.5. The van der Waals surface area contributed by atoms with E-state index in [2.05, 4.69) is 22.1 Å². The molecular formula is C31H31FN4O3S2. The second-order valence-electron chi connectivity index (χ2n) is 10.5. The fourth-order valence-electron chi connectivity index (χ4n) is 4.91. The molecule has 7 nitrogen and oxygen atoms in total. The van der Waals surface area contributed by atoms with E-state index in [0.717, 1.165) is 49.8 Å². The van der Waals surface area contributed by atoms with E-state index in [9.17, 15) is 24.3 Å². The highest BCUT2D eigenvalue weighted by molar-refractivity contribution is 7.89. The summed E-state index contributed by atoms with van der Waals surface area (Å²) in [5.74, 6) is 5.44. The number of allylic oxidation sites excluding steroid dienone is 2. The van der Waals surface area contributed by atoms with Crippen molar-refractivity contribution in [1.82, 2.24) is 4.98 Å². The molecular weight excluding hydrogens is 559 g/mol. The summed E-state index contributed by atoms with van der Waals surface area (Å²) in [5.41, 5.74) is 3.33. The Kier molecular flexibility index (Phi) is 9.20. The Balaban J connectivity index is 1.53. The number of nitrogens with two attached hydrogens (primary N) is 1. The number of benzene rings is 2. The molecule has 41 heavy (non-hydrogen) atoms. The maximum atomic E-state index is 14.8. The fourth-order valence-corrected chi connectivity index (χ4v) is 6.03. The molecule has 2 aromatic carbocycles. The van der Waals surface area contributed by atoms with Crippen molar-refractivity contribution < 1.29 is 18.8 Å². The molecule has 10 heteroatoms. The van der Waals surface area contributed by atoms with Gasteiger partial charge in [-0.25, -0.2) is 14.2 Å². The Morgan fingerprint density at radius 2 is 1.93 bits per heavy atom. The maximum Gasteiger partial charge on any atom is 0.355 e. The Morgan fingerprint density at radius 3 is 2.56 bits per heavy atom. The second kappa shape index (κ2) is 13.0. The van der Waals surface area contributed by atoms with E-state index in [1.54, 1.807) is 24.3 Å². The molecule has 1 aromatic heterocycles. The lowest BCUT2D eigenvalue weighted by Crippen LogP contribution is -2.16. The third-order valence-electron chi connectivity index (χ3n) is 7.39. The number of nitrogens with one attached hydrogen (secondary N) is 2. The second-order valence-corrected chi connectivity index (χ2v) is 12.4. The predicted molar refractivity (Wildman–Crippen MR) is 160 cm³/mol. The van der Waals surface area contributed by atoms with Crippen LogP contribution in [0.5, 0.6) is 0 Å². The van der Waals surface area contributed by atoms with Gasteiger partial charge in [0.15, 0.2) is 15.7 Å². The molecule has 1 atom stereocenters. The summed E-state index contributed by atoms with van der Waals surface area (Å²) in [6.45, 7) is 0. The van der Waals surface area contributed by atoms with Gasteiger partial charge in [-0.2, -0.15) is 0 Å². The Bertz CT molecular complexity index is 1530. The van der Waals surface area contributed by atoms with Crippen molar-refractivity contribution in [3.8, 4) is 11.8 Å². The van der Waals surface area contributed by atoms with Gasteiger partial charge in [-0.3, -0.25) is 5.41 Å². The van der Waals surface area contributed by atoms with Crippen LogP contribution < -0.4 is 10.5 Å². The number of carbonyl (C=O) groups is 1. The van der Waals surface area contributed by atoms with Gasteiger partial charge in [-0.15, -0.1) is 16.5 Å². The number of aromatic nitrogens is 1. The minimum absolute atomic E-state index is 0.0470. The molecule has 0 aliphatic heterocycles. The van der Waals surface area contributed by atoms with Crippen LogP contribution >= 0.6 is 11.3 Å². The molecule has 2 aliphatic carbocycles. The number of hydrogen-bond acceptors (Lipinski definition) is 7. The van der Waals surface area contributed by atoms with Crippen LogP contribution in [0, 0.1) is 34.9 Å². The Labute approximate surface area is 245 Å². The molecule has 0 spiro atoms. The number of aromatic carboxylic acids is 1. The molecule has 1 heterocycles. The van der Waals surface area contributed by atoms with Gasteiger partial charge in [0.1, 0.15) is 5.82 Å². The van der Waals surface area contributed by atoms with Crippen molar-refractivity contribution in [2.75, 3.05) is 5.32 Å². The summed E-state index contributed by atoms with van der Waals surface area (Å²) >= 11 is -0.413. The van der Waals surface area contributed by atoms with Gasteiger partial charge in [-0.1, -0.05) is 36.8 Å². The number of nitrogens with zero attached hydrogens (tertiary/aromatic N) is 1. The van der Waals surface area contributed by atoms with Crippen LogP contribution in [0.3, 0.4) is 0 Å². The summed E-state index contributed by atoms with van der Waals surface area (Å²) in [6.07, 6.45) is 7.52. The summed E-state index contributed by atoms with van der Waals surface area (Å²) < 4.78 is 26.5. The lowest BCUT2D eigenvalue weighted by molar-refractivity contribution is 0.0691. The number of halogens is 1. The SMILES string of the molecule is N=C(/C(Cc1ccc([S+](N)[O-])cc1)=C(/CC1CC1)Nc1nc(C(=O)O)cs1)c1ccc(F)c(C#CC2CCCC2)c1. The van der Waals surface area contributed by atoms with Gasteiger partial charge >= 0.3 is 5.97 Å². The van der Waals surface area contributed by atoms with E-state index >= 15 is 0 Å². The number of anilines is 1. The summed E-state index contributed by atoms with van der Waals surface area (Å²) in [5, 5.41) is 29.4. The van der Waals surface area contributed by atoms with Crippen LogP contribution in [0.25, 0.3) is 0 Å². The van der Waals surface area contributed by atoms with Crippen molar-refractivity contribution in [1.29, 1.82) is 5.41 Å². The number of carboxylic acid groups (broad SMARTS) is 1. The predicted octanol–water partition coefficient (Wildman–Crippen LogP) is 6.28. The summed E-state index contributed by atoms with van der Waals surface area (Å²) in [7, 11) is 0. The third kappa shape index (κ3) is 7.63. The number of thiazole rings is 1. The smallest absolute Gasteiger partial charge is 0.355 e. The molecule has 2 fully saturated rings. The first-order chi connectivity index (χ1) is 19.8. The summed E-state index contributed by atoms with van der Waals surface area (Å²) in [6, 6.07) is 11.7. The highest BCUT2D eigenvalue weighted by atomic mass is 32.2. The van der Waals surface area contributed by atoms with Crippen molar-refractivity contribution in [2.24, 2.45) is 17.0 Å². The number of hydrogen-bond donors (Lipinski definition) is 4. The fraction of sp³-hybridized carbons (Fsp3) is 0.323. The van der Waals surface area contributed by atoms with Crippen LogP contribution in [-0.4, -0.2) is 26.3 Å². The first-order valence-electron chi connectivity index (χ1n) is 13.6. The molecule has 5 rings (SSSR count). The van der Waals surface area contributed by atoms with E-state index < -0.39 is 23.1 Å². The van der Waals surface area contributed by atoms with E-state index in [4.69, 9.17) is 5.14 Å². The zero-order chi connectivity index (χ0) is 28.9. The highest BCUT2D eigenvalue weighted by Crippen LogP contribution is 2.37. The van der Waals surface area contributed by atoms with Crippen LogP contribution in [0.2, 0.25) is 0 Å². The van der Waals surface area contributed by atoms with E-state index in [1.165, 1.54) is 22.8 Å². The molecule has 2 aliphatic rings. The molecule has 0 bridgehead atoms. The minimum atomic E-state index is -1.60. The van der Waals surface area contributed by atoms with E-state index in [0.29, 0.717) is 39.9 Å². The molecule has 1 unspecified atom stereocenters. The van der Waals surface area contributed by atoms with Crippen LogP contribution in [0.15, 0.2) is 64.0 Å². The molecule has 0 radical (unpaired) electrons. The Morgan fingerprint density at radius 1 is 1.20 bits per heavy atom. The van der Waals surface area contributed by atoms with Crippen molar-refractivity contribution in [3.63, 3.8) is 0 Å². The standard InChI is InChI=1S/C31H31FN4O3S2/c32-26-14-11-23(17-22(26)10-7-19-3-1-2-4-19)29(33)25(15-20-8-12-24(13-9-20)41(34)39)27(16-21-5-6-21)35-31-36-28(18-40-31)30(37)38/h8-9,11-14,17-19,21,33H,1-6,15-16,34H2,(H,35,36)(H,37,38)/b27-25-,33-29?. The third-order valence-corrected chi connectivity index (χ3v) is 8.89. The monoisotopic (exact) mass is 590 g/mol.